The molecule has 0 aliphatic carbocycles. The van der Waals surface area contributed by atoms with Crippen LogP contribution in [0.25, 0.3) is 0 Å². The average Bonchev–Trinajstić information content (AvgIpc) is 2.54. The highest BCUT2D eigenvalue weighted by atomic mass is 32.2. The van der Waals surface area contributed by atoms with Gasteiger partial charge in [0, 0.05) is 12.8 Å². The maximum Gasteiger partial charge on any atom is 0.127 e. The van der Waals surface area contributed by atoms with Gasteiger partial charge in [0.15, 0.2) is 0 Å². The summed E-state index contributed by atoms with van der Waals surface area (Å²) in [6.07, 6.45) is 9.16. The van der Waals surface area contributed by atoms with Gasteiger partial charge in [-0.05, 0) is 12.0 Å². The fraction of sp³-hybridized carbons (Fsp3) is 0.545. The summed E-state index contributed by atoms with van der Waals surface area (Å²) in [5, 5.41) is 0. The third-order valence-corrected chi connectivity index (χ3v) is 2.88. The number of rotatable bonds is 5. The lowest BCUT2D eigenvalue weighted by Gasteiger charge is -2.03. The van der Waals surface area contributed by atoms with Crippen LogP contribution >= 0.6 is 11.8 Å². The first-order chi connectivity index (χ1) is 7.24. The largest absolute Gasteiger partial charge is 0.384 e. The Bertz CT molecular complexity index is 363. The van der Waals surface area contributed by atoms with Gasteiger partial charge in [-0.15, -0.1) is 6.42 Å². The zero-order chi connectivity index (χ0) is 11.3. The molecule has 0 bridgehead atoms. The zero-order valence-electron chi connectivity index (χ0n) is 9.29. The summed E-state index contributed by atoms with van der Waals surface area (Å²) in [6.45, 7) is 2.58. The quantitative estimate of drug-likeness (QED) is 0.771. The Kier molecular flexibility index (Phi) is 4.57. The van der Waals surface area contributed by atoms with Crippen LogP contribution in [0.1, 0.15) is 18.4 Å². The van der Waals surface area contributed by atoms with Crippen molar-refractivity contribution >= 4 is 17.6 Å². The number of hydrogen-bond donors (Lipinski definition) is 1. The molecule has 0 saturated carbocycles. The lowest BCUT2D eigenvalue weighted by atomic mass is 10.3. The van der Waals surface area contributed by atoms with Crippen LogP contribution in [0, 0.1) is 12.3 Å². The molecule has 0 saturated heterocycles. The lowest BCUT2D eigenvalue weighted by Crippen LogP contribution is -2.06. The molecular formula is C11H17N3S. The third-order valence-electron chi connectivity index (χ3n) is 2.27. The second-order valence-corrected chi connectivity index (χ2v) is 4.23. The number of nitrogens with zero attached hydrogens (tertiary/aromatic N) is 2. The van der Waals surface area contributed by atoms with Crippen LogP contribution in [0.5, 0.6) is 0 Å². The minimum Gasteiger partial charge on any atom is -0.384 e. The van der Waals surface area contributed by atoms with Gasteiger partial charge in [-0.3, -0.25) is 0 Å². The average molecular weight is 223 g/mol. The smallest absolute Gasteiger partial charge is 0.127 e. The predicted octanol–water partition coefficient (Wildman–Crippen LogP) is 1.57. The number of hydrogen-bond acceptors (Lipinski definition) is 3. The molecule has 1 aromatic rings. The first kappa shape index (κ1) is 12.0. The van der Waals surface area contributed by atoms with Crippen LogP contribution in [0.15, 0.2) is 0 Å². The van der Waals surface area contributed by atoms with Gasteiger partial charge < -0.3 is 10.3 Å². The molecule has 3 nitrogen and oxygen atoms in total. The SMILES string of the molecule is C#CCn1c(CC)nc(CCSC)c1N. The summed E-state index contributed by atoms with van der Waals surface area (Å²) in [5.41, 5.74) is 6.99. The summed E-state index contributed by atoms with van der Waals surface area (Å²) in [7, 11) is 0. The number of aryl methyl sites for hydroxylation is 2. The van der Waals surface area contributed by atoms with E-state index in [9.17, 15) is 0 Å². The zero-order valence-corrected chi connectivity index (χ0v) is 10.1. The summed E-state index contributed by atoms with van der Waals surface area (Å²) in [4.78, 5) is 4.51. The molecule has 1 rings (SSSR count). The molecule has 1 aromatic heterocycles. The van der Waals surface area contributed by atoms with Gasteiger partial charge in [-0.2, -0.15) is 11.8 Å². The van der Waals surface area contributed by atoms with Crippen LogP contribution in [0.2, 0.25) is 0 Å². The standard InChI is InChI=1S/C11H17N3S/c1-4-7-14-10(5-2)13-9(11(14)12)6-8-15-3/h1H,5-8,12H2,2-3H3. The van der Waals surface area contributed by atoms with E-state index in [4.69, 9.17) is 12.2 Å². The van der Waals surface area contributed by atoms with Crippen LogP contribution < -0.4 is 5.73 Å². The highest BCUT2D eigenvalue weighted by Gasteiger charge is 2.11. The van der Waals surface area contributed by atoms with E-state index in [1.807, 2.05) is 4.57 Å². The Morgan fingerprint density at radius 2 is 2.33 bits per heavy atom. The monoisotopic (exact) mass is 223 g/mol. The molecule has 0 unspecified atom stereocenters. The van der Waals surface area contributed by atoms with Gasteiger partial charge in [-0.25, -0.2) is 4.98 Å². The normalized spacial score (nSPS) is 10.2. The van der Waals surface area contributed by atoms with Crippen molar-refractivity contribution in [3.63, 3.8) is 0 Å². The van der Waals surface area contributed by atoms with Crippen molar-refractivity contribution in [2.45, 2.75) is 26.3 Å². The van der Waals surface area contributed by atoms with Crippen LogP contribution in [-0.2, 0) is 19.4 Å². The number of thioether (sulfide) groups is 1. The predicted molar refractivity (Wildman–Crippen MR) is 66.9 cm³/mol. The number of nitrogen functional groups attached to an aromatic ring is 1. The summed E-state index contributed by atoms with van der Waals surface area (Å²) >= 11 is 1.80. The van der Waals surface area contributed by atoms with Crippen molar-refractivity contribution < 1.29 is 0 Å². The van der Waals surface area contributed by atoms with Crippen molar-refractivity contribution in [2.24, 2.45) is 0 Å². The summed E-state index contributed by atoms with van der Waals surface area (Å²) < 4.78 is 1.93. The van der Waals surface area contributed by atoms with E-state index < -0.39 is 0 Å². The van der Waals surface area contributed by atoms with E-state index in [0.717, 1.165) is 35.9 Å². The molecule has 1 heterocycles. The van der Waals surface area contributed by atoms with E-state index in [-0.39, 0.29) is 0 Å². The summed E-state index contributed by atoms with van der Waals surface area (Å²) in [6, 6.07) is 0. The van der Waals surface area contributed by atoms with Crippen molar-refractivity contribution in [1.82, 2.24) is 9.55 Å². The first-order valence-corrected chi connectivity index (χ1v) is 6.40. The highest BCUT2D eigenvalue weighted by Crippen LogP contribution is 2.16. The minimum atomic E-state index is 0.515. The molecular weight excluding hydrogens is 206 g/mol. The molecule has 15 heavy (non-hydrogen) atoms. The van der Waals surface area contributed by atoms with Gasteiger partial charge >= 0.3 is 0 Å². The molecule has 82 valence electrons. The van der Waals surface area contributed by atoms with Crippen molar-refractivity contribution in [2.75, 3.05) is 17.7 Å². The first-order valence-electron chi connectivity index (χ1n) is 5.00. The molecule has 2 N–H and O–H groups in total. The highest BCUT2D eigenvalue weighted by molar-refractivity contribution is 7.98. The molecule has 0 amide bonds. The van der Waals surface area contributed by atoms with Gasteiger partial charge in [0.05, 0.1) is 12.2 Å². The van der Waals surface area contributed by atoms with Crippen molar-refractivity contribution in [3.8, 4) is 12.3 Å². The van der Waals surface area contributed by atoms with Gasteiger partial charge in [0.1, 0.15) is 11.6 Å². The van der Waals surface area contributed by atoms with Gasteiger partial charge in [-0.1, -0.05) is 12.8 Å². The second-order valence-electron chi connectivity index (χ2n) is 3.25. The molecule has 4 heteroatoms. The molecule has 0 radical (unpaired) electrons. The number of anilines is 1. The van der Waals surface area contributed by atoms with E-state index in [1.54, 1.807) is 11.8 Å². The van der Waals surface area contributed by atoms with Crippen LogP contribution in [-0.4, -0.2) is 21.6 Å². The number of terminal acetylenes is 1. The van der Waals surface area contributed by atoms with E-state index >= 15 is 0 Å². The van der Waals surface area contributed by atoms with Crippen molar-refractivity contribution in [1.29, 1.82) is 0 Å². The van der Waals surface area contributed by atoms with E-state index in [2.05, 4.69) is 24.1 Å². The second kappa shape index (κ2) is 5.72. The summed E-state index contributed by atoms with van der Waals surface area (Å²) in [5.74, 6) is 5.37. The maximum absolute atomic E-state index is 6.00. The van der Waals surface area contributed by atoms with E-state index in [1.165, 1.54) is 0 Å². The molecule has 0 aliphatic rings. The Labute approximate surface area is 95.5 Å². The number of aromatic nitrogens is 2. The fourth-order valence-electron chi connectivity index (χ4n) is 1.49. The Morgan fingerprint density at radius 1 is 1.60 bits per heavy atom. The van der Waals surface area contributed by atoms with Crippen LogP contribution in [0.4, 0.5) is 5.82 Å². The van der Waals surface area contributed by atoms with Crippen LogP contribution in [0.3, 0.4) is 0 Å². The number of nitrogens with two attached hydrogens (primary N) is 1. The minimum absolute atomic E-state index is 0.515. The Hall–Kier alpha value is -1.08. The molecule has 0 aromatic carbocycles. The third kappa shape index (κ3) is 2.69. The molecule has 0 fully saturated rings. The number of imidazole rings is 1. The van der Waals surface area contributed by atoms with E-state index in [0.29, 0.717) is 6.54 Å². The Morgan fingerprint density at radius 3 is 2.87 bits per heavy atom. The Balaban J connectivity index is 2.94. The molecule has 0 spiro atoms. The van der Waals surface area contributed by atoms with Gasteiger partial charge in [0.25, 0.3) is 0 Å². The molecule has 0 aliphatic heterocycles. The molecule has 0 atom stereocenters. The lowest BCUT2D eigenvalue weighted by molar-refractivity contribution is 0.769. The van der Waals surface area contributed by atoms with Crippen molar-refractivity contribution in [3.05, 3.63) is 11.5 Å². The van der Waals surface area contributed by atoms with Gasteiger partial charge in [0.2, 0.25) is 0 Å². The topological polar surface area (TPSA) is 43.8 Å². The fourth-order valence-corrected chi connectivity index (χ4v) is 1.89. The maximum atomic E-state index is 6.00.